The molecule has 1 heterocycles. The van der Waals surface area contributed by atoms with Gasteiger partial charge in [-0.25, -0.2) is 9.93 Å². The standard InChI is InChI=1S/C20H26N4O4S/c1-14-4-7-17(12-15(14)2)20(23-29(21,26)27)13-22-19(25)24(20)11-10-16-5-8-18(28-3)9-6-16/h4-9,12,23H,10-11,13H2,1-3H3,(H,22,25)(H2,21,26,27). The van der Waals surface area contributed by atoms with Crippen LogP contribution in [0.15, 0.2) is 42.5 Å². The minimum atomic E-state index is -4.09. The molecule has 156 valence electrons. The maximum Gasteiger partial charge on any atom is 0.319 e. The van der Waals surface area contributed by atoms with E-state index < -0.39 is 15.9 Å². The van der Waals surface area contributed by atoms with Gasteiger partial charge in [-0.15, -0.1) is 0 Å². The molecule has 9 heteroatoms. The summed E-state index contributed by atoms with van der Waals surface area (Å²) in [5.74, 6) is 0.744. The van der Waals surface area contributed by atoms with Crippen LogP contribution in [-0.4, -0.2) is 39.5 Å². The van der Waals surface area contributed by atoms with Crippen molar-refractivity contribution in [3.63, 3.8) is 0 Å². The number of methoxy groups -OCH3 is 1. The maximum absolute atomic E-state index is 12.6. The number of ether oxygens (including phenoxy) is 1. The number of urea groups is 1. The van der Waals surface area contributed by atoms with Gasteiger partial charge in [-0.3, -0.25) is 4.90 Å². The molecule has 29 heavy (non-hydrogen) atoms. The zero-order chi connectivity index (χ0) is 21.2. The summed E-state index contributed by atoms with van der Waals surface area (Å²) in [5, 5.41) is 8.09. The molecule has 1 atom stereocenters. The highest BCUT2D eigenvalue weighted by Gasteiger charge is 2.48. The van der Waals surface area contributed by atoms with Gasteiger partial charge in [-0.05, 0) is 54.7 Å². The van der Waals surface area contributed by atoms with Gasteiger partial charge in [0.1, 0.15) is 5.75 Å². The molecule has 0 radical (unpaired) electrons. The van der Waals surface area contributed by atoms with Crippen LogP contribution in [-0.2, 0) is 22.3 Å². The van der Waals surface area contributed by atoms with E-state index in [-0.39, 0.29) is 12.6 Å². The van der Waals surface area contributed by atoms with E-state index in [1.807, 2.05) is 56.3 Å². The third-order valence-electron chi connectivity index (χ3n) is 5.28. The Balaban J connectivity index is 1.96. The summed E-state index contributed by atoms with van der Waals surface area (Å²) >= 11 is 0. The van der Waals surface area contributed by atoms with Crippen molar-refractivity contribution >= 4 is 16.2 Å². The molecule has 0 bridgehead atoms. The van der Waals surface area contributed by atoms with E-state index in [0.29, 0.717) is 18.5 Å². The molecular formula is C20H26N4O4S. The van der Waals surface area contributed by atoms with E-state index in [0.717, 1.165) is 22.4 Å². The van der Waals surface area contributed by atoms with Gasteiger partial charge in [0.05, 0.1) is 13.7 Å². The monoisotopic (exact) mass is 418 g/mol. The van der Waals surface area contributed by atoms with E-state index in [1.54, 1.807) is 7.11 Å². The Bertz CT molecular complexity index is 1010. The average molecular weight is 419 g/mol. The fraction of sp³-hybridized carbons (Fsp3) is 0.350. The Labute approximate surface area is 171 Å². The first kappa shape index (κ1) is 21.1. The Hall–Kier alpha value is -2.62. The SMILES string of the molecule is COc1ccc(CCN2C(=O)NCC2(NS(N)(=O)=O)c2ccc(C)c(C)c2)cc1. The van der Waals surface area contributed by atoms with Crippen LogP contribution < -0.4 is 19.9 Å². The van der Waals surface area contributed by atoms with Crippen LogP contribution in [0.3, 0.4) is 0 Å². The summed E-state index contributed by atoms with van der Waals surface area (Å²) in [6.45, 7) is 4.29. The van der Waals surface area contributed by atoms with Gasteiger partial charge in [0.15, 0.2) is 5.66 Å². The summed E-state index contributed by atoms with van der Waals surface area (Å²) in [6, 6.07) is 12.8. The second-order valence-corrected chi connectivity index (χ2v) is 8.51. The van der Waals surface area contributed by atoms with E-state index in [9.17, 15) is 13.2 Å². The van der Waals surface area contributed by atoms with Crippen molar-refractivity contribution in [3.8, 4) is 5.75 Å². The molecule has 3 rings (SSSR count). The molecule has 0 aliphatic carbocycles. The minimum Gasteiger partial charge on any atom is -0.497 e. The fourth-order valence-corrected chi connectivity index (χ4v) is 4.31. The number of hydrogen-bond donors (Lipinski definition) is 3. The first-order chi connectivity index (χ1) is 13.6. The number of nitrogens with one attached hydrogen (secondary N) is 2. The number of carbonyl (C=O) groups excluding carboxylic acids is 1. The molecule has 8 nitrogen and oxygen atoms in total. The number of carbonyl (C=O) groups is 1. The van der Waals surface area contributed by atoms with Crippen molar-refractivity contribution < 1.29 is 17.9 Å². The lowest BCUT2D eigenvalue weighted by Gasteiger charge is -2.37. The predicted molar refractivity (Wildman–Crippen MR) is 111 cm³/mol. The molecule has 0 spiro atoms. The fourth-order valence-electron chi connectivity index (χ4n) is 3.54. The number of amides is 2. The summed E-state index contributed by atoms with van der Waals surface area (Å²) in [5.41, 5.74) is 2.42. The molecule has 2 amide bonds. The van der Waals surface area contributed by atoms with Gasteiger partial charge in [-0.2, -0.15) is 13.1 Å². The van der Waals surface area contributed by atoms with Gasteiger partial charge in [0.25, 0.3) is 10.2 Å². The lowest BCUT2D eigenvalue weighted by atomic mass is 9.95. The highest BCUT2D eigenvalue weighted by atomic mass is 32.2. The number of aryl methyl sites for hydroxylation is 2. The van der Waals surface area contributed by atoms with Gasteiger partial charge in [-0.1, -0.05) is 30.3 Å². The molecular weight excluding hydrogens is 392 g/mol. The average Bonchev–Trinajstić information content (AvgIpc) is 2.97. The number of benzene rings is 2. The number of nitrogens with two attached hydrogens (primary N) is 1. The van der Waals surface area contributed by atoms with Crippen molar-refractivity contribution in [1.29, 1.82) is 0 Å². The summed E-state index contributed by atoms with van der Waals surface area (Å²) in [7, 11) is -2.49. The first-order valence-corrected chi connectivity index (χ1v) is 10.8. The molecule has 2 aromatic rings. The van der Waals surface area contributed by atoms with Crippen LogP contribution in [0.25, 0.3) is 0 Å². The van der Waals surface area contributed by atoms with Crippen LogP contribution in [0, 0.1) is 13.8 Å². The topological polar surface area (TPSA) is 114 Å². The Morgan fingerprint density at radius 1 is 1.17 bits per heavy atom. The Morgan fingerprint density at radius 2 is 1.86 bits per heavy atom. The molecule has 1 aliphatic heterocycles. The molecule has 1 fully saturated rings. The Kier molecular flexibility index (Phi) is 5.83. The van der Waals surface area contributed by atoms with Crippen molar-refractivity contribution in [2.45, 2.75) is 25.9 Å². The largest absolute Gasteiger partial charge is 0.497 e. The highest BCUT2D eigenvalue weighted by molar-refractivity contribution is 7.87. The van der Waals surface area contributed by atoms with E-state index >= 15 is 0 Å². The third kappa shape index (κ3) is 4.52. The van der Waals surface area contributed by atoms with E-state index in [1.165, 1.54) is 4.90 Å². The maximum atomic E-state index is 12.6. The normalized spacial score (nSPS) is 19.3. The molecule has 1 saturated heterocycles. The van der Waals surface area contributed by atoms with Crippen LogP contribution in [0.2, 0.25) is 0 Å². The zero-order valence-electron chi connectivity index (χ0n) is 16.7. The minimum absolute atomic E-state index is 0.0768. The zero-order valence-corrected chi connectivity index (χ0v) is 17.5. The lowest BCUT2D eigenvalue weighted by molar-refractivity contribution is 0.147. The number of rotatable bonds is 7. The van der Waals surface area contributed by atoms with Gasteiger partial charge in [0.2, 0.25) is 0 Å². The molecule has 0 aromatic heterocycles. The lowest BCUT2D eigenvalue weighted by Crippen LogP contribution is -2.59. The highest BCUT2D eigenvalue weighted by Crippen LogP contribution is 2.32. The van der Waals surface area contributed by atoms with Crippen LogP contribution in [0.4, 0.5) is 4.79 Å². The second kappa shape index (κ2) is 8.02. The van der Waals surface area contributed by atoms with Crippen LogP contribution >= 0.6 is 0 Å². The summed E-state index contributed by atoms with van der Waals surface area (Å²) in [4.78, 5) is 14.1. The van der Waals surface area contributed by atoms with Gasteiger partial charge < -0.3 is 10.1 Å². The summed E-state index contributed by atoms with van der Waals surface area (Å²) in [6.07, 6.45) is 0.538. The molecule has 1 unspecified atom stereocenters. The second-order valence-electron chi connectivity index (χ2n) is 7.21. The van der Waals surface area contributed by atoms with Gasteiger partial charge >= 0.3 is 6.03 Å². The first-order valence-electron chi connectivity index (χ1n) is 9.22. The van der Waals surface area contributed by atoms with Crippen molar-refractivity contribution in [2.24, 2.45) is 5.14 Å². The van der Waals surface area contributed by atoms with E-state index in [2.05, 4.69) is 10.0 Å². The third-order valence-corrected chi connectivity index (χ3v) is 5.90. The van der Waals surface area contributed by atoms with Crippen molar-refractivity contribution in [2.75, 3.05) is 20.2 Å². The smallest absolute Gasteiger partial charge is 0.319 e. The molecule has 1 aliphatic rings. The number of nitrogens with zero attached hydrogens (tertiary/aromatic N) is 1. The van der Waals surface area contributed by atoms with Crippen molar-refractivity contribution in [1.82, 2.24) is 14.9 Å². The molecule has 4 N–H and O–H groups in total. The number of hydrogen-bond acceptors (Lipinski definition) is 4. The van der Waals surface area contributed by atoms with E-state index in [4.69, 9.17) is 9.88 Å². The van der Waals surface area contributed by atoms with Crippen LogP contribution in [0.1, 0.15) is 22.3 Å². The summed E-state index contributed by atoms with van der Waals surface area (Å²) < 4.78 is 31.7. The molecule has 0 saturated carbocycles. The van der Waals surface area contributed by atoms with Gasteiger partial charge in [0, 0.05) is 6.54 Å². The van der Waals surface area contributed by atoms with Crippen molar-refractivity contribution in [3.05, 3.63) is 64.7 Å². The predicted octanol–water partition coefficient (Wildman–Crippen LogP) is 1.53. The van der Waals surface area contributed by atoms with Crippen LogP contribution in [0.5, 0.6) is 5.75 Å². The molecule has 2 aromatic carbocycles. The quantitative estimate of drug-likeness (QED) is 0.633. The Morgan fingerprint density at radius 3 is 2.45 bits per heavy atom.